The molecule has 1 aromatic carbocycles. The highest BCUT2D eigenvalue weighted by molar-refractivity contribution is 5.88. The summed E-state index contributed by atoms with van der Waals surface area (Å²) in [7, 11) is 1.79. The summed E-state index contributed by atoms with van der Waals surface area (Å²) >= 11 is 0. The maximum absolute atomic E-state index is 14.5. The van der Waals surface area contributed by atoms with Crippen LogP contribution in [0.25, 0.3) is 33.2 Å². The first kappa shape index (κ1) is 18.0. The van der Waals surface area contributed by atoms with Gasteiger partial charge in [-0.2, -0.15) is 5.10 Å². The molecule has 0 radical (unpaired) electrons. The van der Waals surface area contributed by atoms with Crippen LogP contribution >= 0.6 is 0 Å². The number of nitrogens with one attached hydrogen (secondary N) is 1. The van der Waals surface area contributed by atoms with Gasteiger partial charge in [0.2, 0.25) is 0 Å². The monoisotopic (exact) mass is 390 g/mol. The second-order valence-electron chi connectivity index (χ2n) is 7.89. The summed E-state index contributed by atoms with van der Waals surface area (Å²) < 4.78 is 16.1. The van der Waals surface area contributed by atoms with Crippen LogP contribution in [0.1, 0.15) is 12.5 Å². The summed E-state index contributed by atoms with van der Waals surface area (Å²) in [5.41, 5.74) is 4.70. The lowest BCUT2D eigenvalue weighted by Crippen LogP contribution is -2.49. The fourth-order valence-electron chi connectivity index (χ4n) is 4.10. The summed E-state index contributed by atoms with van der Waals surface area (Å²) in [5, 5.41) is 9.43. The number of hydrogen-bond acceptors (Lipinski definition) is 5. The average molecular weight is 390 g/mol. The van der Waals surface area contributed by atoms with Gasteiger partial charge >= 0.3 is 0 Å². The smallest absolute Gasteiger partial charge is 0.160 e. The minimum absolute atomic E-state index is 0.339. The molecule has 148 valence electrons. The van der Waals surface area contributed by atoms with Crippen LogP contribution in [-0.2, 0) is 7.05 Å². The molecular formula is C22H23FN6. The van der Waals surface area contributed by atoms with Crippen molar-refractivity contribution in [3.05, 3.63) is 48.0 Å². The molecule has 0 spiro atoms. The molecule has 3 aromatic heterocycles. The van der Waals surface area contributed by atoms with Crippen molar-refractivity contribution in [2.45, 2.75) is 19.9 Å². The lowest BCUT2D eigenvalue weighted by atomic mass is 10.0. The van der Waals surface area contributed by atoms with E-state index in [1.807, 2.05) is 24.5 Å². The third-order valence-electron chi connectivity index (χ3n) is 5.56. The first-order valence-electron chi connectivity index (χ1n) is 9.87. The number of halogens is 1. The standard InChI is InChI=1S/C22H23FN6/c1-13-6-20(15-7-16-12-28(3)27-21(16)19(23)8-15)26-22-18(13)9-17(10-25-22)29-5-4-24-14(2)11-29/h6-10,12,14,24H,4-5,11H2,1-3H3. The molecule has 1 fully saturated rings. The van der Waals surface area contributed by atoms with Gasteiger partial charge in [0.25, 0.3) is 0 Å². The molecule has 0 aliphatic carbocycles. The molecular weight excluding hydrogens is 367 g/mol. The Bertz CT molecular complexity index is 1230. The van der Waals surface area contributed by atoms with E-state index in [1.165, 1.54) is 6.07 Å². The van der Waals surface area contributed by atoms with Crippen LogP contribution in [0.15, 0.2) is 36.7 Å². The summed E-state index contributed by atoms with van der Waals surface area (Å²) in [4.78, 5) is 11.7. The quantitative estimate of drug-likeness (QED) is 0.568. The minimum Gasteiger partial charge on any atom is -0.367 e. The molecule has 0 amide bonds. The van der Waals surface area contributed by atoms with E-state index in [4.69, 9.17) is 4.98 Å². The van der Waals surface area contributed by atoms with Gasteiger partial charge in [-0.25, -0.2) is 14.4 Å². The van der Waals surface area contributed by atoms with Crippen LogP contribution in [-0.4, -0.2) is 45.4 Å². The van der Waals surface area contributed by atoms with Gasteiger partial charge in [0.15, 0.2) is 11.5 Å². The molecule has 1 N–H and O–H groups in total. The Morgan fingerprint density at radius 2 is 2.07 bits per heavy atom. The van der Waals surface area contributed by atoms with Crippen molar-refractivity contribution in [3.8, 4) is 11.3 Å². The van der Waals surface area contributed by atoms with Crippen LogP contribution < -0.4 is 10.2 Å². The van der Waals surface area contributed by atoms with Crippen molar-refractivity contribution < 1.29 is 4.39 Å². The van der Waals surface area contributed by atoms with Gasteiger partial charge < -0.3 is 10.2 Å². The maximum Gasteiger partial charge on any atom is 0.160 e. The zero-order valence-electron chi connectivity index (χ0n) is 16.8. The molecule has 1 aliphatic rings. The van der Waals surface area contributed by atoms with E-state index in [0.717, 1.165) is 52.9 Å². The Kier molecular flexibility index (Phi) is 4.20. The third kappa shape index (κ3) is 3.21. The topological polar surface area (TPSA) is 58.9 Å². The summed E-state index contributed by atoms with van der Waals surface area (Å²) in [6, 6.07) is 8.05. The van der Waals surface area contributed by atoms with Crippen molar-refractivity contribution in [2.75, 3.05) is 24.5 Å². The Labute approximate surface area is 168 Å². The van der Waals surface area contributed by atoms with Crippen molar-refractivity contribution in [2.24, 2.45) is 7.05 Å². The molecule has 29 heavy (non-hydrogen) atoms. The molecule has 7 heteroatoms. The predicted molar refractivity (Wildman–Crippen MR) is 114 cm³/mol. The zero-order chi connectivity index (χ0) is 20.1. The van der Waals surface area contributed by atoms with Gasteiger partial charge in [-0.15, -0.1) is 0 Å². The van der Waals surface area contributed by atoms with Crippen molar-refractivity contribution in [1.82, 2.24) is 25.1 Å². The first-order chi connectivity index (χ1) is 14.0. The lowest BCUT2D eigenvalue weighted by molar-refractivity contribution is 0.484. The van der Waals surface area contributed by atoms with E-state index < -0.39 is 0 Å². The molecule has 0 bridgehead atoms. The molecule has 1 unspecified atom stereocenters. The summed E-state index contributed by atoms with van der Waals surface area (Å²) in [6.07, 6.45) is 3.70. The van der Waals surface area contributed by atoms with E-state index in [9.17, 15) is 4.39 Å². The van der Waals surface area contributed by atoms with E-state index in [-0.39, 0.29) is 5.82 Å². The number of fused-ring (bicyclic) bond motifs is 2. The highest BCUT2D eigenvalue weighted by Crippen LogP contribution is 2.29. The molecule has 1 atom stereocenters. The van der Waals surface area contributed by atoms with Gasteiger partial charge in [0, 0.05) is 55.3 Å². The number of benzene rings is 1. The molecule has 4 heterocycles. The Balaban J connectivity index is 1.57. The first-order valence-corrected chi connectivity index (χ1v) is 9.87. The summed E-state index contributed by atoms with van der Waals surface area (Å²) in [6.45, 7) is 7.14. The average Bonchev–Trinajstić information content (AvgIpc) is 3.08. The number of nitrogens with zero attached hydrogens (tertiary/aromatic N) is 5. The number of pyridine rings is 2. The molecule has 1 saturated heterocycles. The highest BCUT2D eigenvalue weighted by Gasteiger charge is 2.18. The number of rotatable bonds is 2. The van der Waals surface area contributed by atoms with Gasteiger partial charge in [-0.1, -0.05) is 0 Å². The van der Waals surface area contributed by atoms with Crippen LogP contribution in [0.4, 0.5) is 10.1 Å². The van der Waals surface area contributed by atoms with E-state index >= 15 is 0 Å². The van der Waals surface area contributed by atoms with Crippen molar-refractivity contribution in [1.29, 1.82) is 0 Å². The molecule has 4 aromatic rings. The SMILES string of the molecule is Cc1cc(-c2cc(F)c3nn(C)cc3c2)nc2ncc(N3CCNC(C)C3)cc12. The fraction of sp³-hybridized carbons (Fsp3) is 0.318. The number of anilines is 1. The van der Waals surface area contributed by atoms with Crippen LogP contribution in [0.2, 0.25) is 0 Å². The lowest BCUT2D eigenvalue weighted by Gasteiger charge is -2.33. The van der Waals surface area contributed by atoms with Gasteiger partial charge in [-0.05, 0) is 43.7 Å². The zero-order valence-corrected chi connectivity index (χ0v) is 16.8. The van der Waals surface area contributed by atoms with E-state index in [2.05, 4.69) is 40.2 Å². The Hall–Kier alpha value is -3.06. The number of aryl methyl sites for hydroxylation is 2. The van der Waals surface area contributed by atoms with E-state index in [1.54, 1.807) is 11.7 Å². The van der Waals surface area contributed by atoms with Gasteiger partial charge in [0.1, 0.15) is 5.52 Å². The van der Waals surface area contributed by atoms with E-state index in [0.29, 0.717) is 17.2 Å². The van der Waals surface area contributed by atoms with Gasteiger partial charge in [0.05, 0.1) is 17.6 Å². The van der Waals surface area contributed by atoms with Crippen molar-refractivity contribution in [3.63, 3.8) is 0 Å². The predicted octanol–water partition coefficient (Wildman–Crippen LogP) is 3.43. The minimum atomic E-state index is -0.339. The fourth-order valence-corrected chi connectivity index (χ4v) is 4.10. The third-order valence-corrected chi connectivity index (χ3v) is 5.56. The Morgan fingerprint density at radius 3 is 2.90 bits per heavy atom. The maximum atomic E-state index is 14.5. The van der Waals surface area contributed by atoms with Crippen LogP contribution in [0, 0.1) is 12.7 Å². The second-order valence-corrected chi connectivity index (χ2v) is 7.89. The Morgan fingerprint density at radius 1 is 1.21 bits per heavy atom. The van der Waals surface area contributed by atoms with Gasteiger partial charge in [-0.3, -0.25) is 4.68 Å². The highest BCUT2D eigenvalue weighted by atomic mass is 19.1. The second kappa shape index (κ2) is 6.77. The van der Waals surface area contributed by atoms with Crippen LogP contribution in [0.5, 0.6) is 0 Å². The number of piperazine rings is 1. The van der Waals surface area contributed by atoms with Crippen molar-refractivity contribution >= 4 is 27.6 Å². The number of aromatic nitrogens is 4. The van der Waals surface area contributed by atoms with Crippen LogP contribution in [0.3, 0.4) is 0 Å². The molecule has 6 nitrogen and oxygen atoms in total. The normalized spacial score (nSPS) is 17.4. The molecule has 1 aliphatic heterocycles. The molecule has 0 saturated carbocycles. The number of hydrogen-bond donors (Lipinski definition) is 1. The largest absolute Gasteiger partial charge is 0.367 e. The summed E-state index contributed by atoms with van der Waals surface area (Å²) in [5.74, 6) is -0.339. The molecule has 5 rings (SSSR count).